The molecule has 10 nitrogen and oxygen atoms in total. The van der Waals surface area contributed by atoms with Crippen molar-refractivity contribution in [1.82, 2.24) is 15.2 Å². The molecule has 1 aromatic heterocycles. The lowest BCUT2D eigenvalue weighted by atomic mass is 10.0. The summed E-state index contributed by atoms with van der Waals surface area (Å²) >= 11 is 0. The molecule has 1 N–H and O–H groups in total. The zero-order valence-corrected chi connectivity index (χ0v) is 14.1. The van der Waals surface area contributed by atoms with Gasteiger partial charge in [-0.3, -0.25) is 19.7 Å². The van der Waals surface area contributed by atoms with Crippen LogP contribution in [-0.4, -0.2) is 33.6 Å². The largest absolute Gasteiger partial charge is 0.441 e. The molecule has 2 aromatic rings. The highest BCUT2D eigenvalue weighted by atomic mass is 16.4. The minimum absolute atomic E-state index is 0.00709. The van der Waals surface area contributed by atoms with E-state index in [9.17, 15) is 14.4 Å². The molecule has 1 saturated heterocycles. The van der Waals surface area contributed by atoms with Crippen molar-refractivity contribution in [2.75, 3.05) is 0 Å². The van der Waals surface area contributed by atoms with Crippen molar-refractivity contribution < 1.29 is 18.8 Å². The maximum atomic E-state index is 12.8. The van der Waals surface area contributed by atoms with Crippen LogP contribution in [0.1, 0.15) is 34.7 Å². The number of azide groups is 1. The number of piperidine rings is 1. The molecule has 0 aliphatic carbocycles. The van der Waals surface area contributed by atoms with Gasteiger partial charge < -0.3 is 9.32 Å². The Labute approximate surface area is 152 Å². The van der Waals surface area contributed by atoms with E-state index >= 15 is 0 Å². The fraction of sp³-hybridized carbons (Fsp3) is 0.294. The number of benzene rings is 1. The second kappa shape index (κ2) is 6.58. The van der Waals surface area contributed by atoms with Gasteiger partial charge in [-0.05, 0) is 23.6 Å². The van der Waals surface area contributed by atoms with Crippen LogP contribution in [-0.2, 0) is 22.7 Å². The quantitative estimate of drug-likeness (QED) is 0.381. The van der Waals surface area contributed by atoms with Crippen molar-refractivity contribution in [3.63, 3.8) is 0 Å². The highest BCUT2D eigenvalue weighted by Crippen LogP contribution is 2.35. The van der Waals surface area contributed by atoms with Crippen LogP contribution in [0.25, 0.3) is 21.8 Å². The Bertz CT molecular complexity index is 1010. The van der Waals surface area contributed by atoms with Crippen molar-refractivity contribution in [2.45, 2.75) is 32.0 Å². The maximum absolute atomic E-state index is 12.8. The Balaban J connectivity index is 1.65. The third-order valence-corrected chi connectivity index (χ3v) is 4.67. The Morgan fingerprint density at radius 3 is 2.93 bits per heavy atom. The summed E-state index contributed by atoms with van der Waals surface area (Å²) in [6.07, 6.45) is 2.02. The third kappa shape index (κ3) is 2.91. The minimum Gasteiger partial charge on any atom is -0.441 e. The van der Waals surface area contributed by atoms with E-state index < -0.39 is 11.9 Å². The average molecular weight is 366 g/mol. The van der Waals surface area contributed by atoms with E-state index in [1.165, 1.54) is 11.1 Å². The summed E-state index contributed by atoms with van der Waals surface area (Å²) in [6, 6.07) is 4.56. The van der Waals surface area contributed by atoms with Gasteiger partial charge in [-0.15, -0.1) is 0 Å². The number of oxazole rings is 1. The van der Waals surface area contributed by atoms with E-state index in [4.69, 9.17) is 9.95 Å². The Hall–Kier alpha value is -3.65. The van der Waals surface area contributed by atoms with Gasteiger partial charge in [-0.2, -0.15) is 0 Å². The van der Waals surface area contributed by atoms with Crippen molar-refractivity contribution in [3.8, 4) is 11.3 Å². The van der Waals surface area contributed by atoms with Gasteiger partial charge >= 0.3 is 0 Å². The van der Waals surface area contributed by atoms with Gasteiger partial charge in [0.25, 0.3) is 5.91 Å². The molecule has 1 unspecified atom stereocenters. The zero-order chi connectivity index (χ0) is 19.0. The van der Waals surface area contributed by atoms with Gasteiger partial charge in [0, 0.05) is 29.0 Å². The van der Waals surface area contributed by atoms with Crippen LogP contribution in [0.2, 0.25) is 0 Å². The average Bonchev–Trinajstić information content (AvgIpc) is 3.25. The molecule has 3 heterocycles. The first kappa shape index (κ1) is 16.8. The molecule has 2 aliphatic heterocycles. The molecule has 4 rings (SSSR count). The molecule has 3 amide bonds. The second-order valence-corrected chi connectivity index (χ2v) is 6.24. The molecule has 2 aliphatic rings. The molecule has 1 fully saturated rings. The zero-order valence-electron chi connectivity index (χ0n) is 14.1. The van der Waals surface area contributed by atoms with Gasteiger partial charge in [0.2, 0.25) is 17.7 Å². The van der Waals surface area contributed by atoms with Crippen molar-refractivity contribution in [3.05, 3.63) is 51.9 Å². The molecule has 0 spiro atoms. The lowest BCUT2D eigenvalue weighted by Gasteiger charge is -2.29. The summed E-state index contributed by atoms with van der Waals surface area (Å²) in [6.45, 7) is 0.232. The van der Waals surface area contributed by atoms with E-state index in [1.807, 2.05) is 0 Å². The Morgan fingerprint density at radius 2 is 2.15 bits per heavy atom. The predicted octanol–water partition coefficient (Wildman–Crippen LogP) is 1.91. The van der Waals surface area contributed by atoms with Gasteiger partial charge in [0.05, 0.1) is 6.20 Å². The minimum atomic E-state index is -0.675. The highest BCUT2D eigenvalue weighted by Gasteiger charge is 2.40. The topological polar surface area (TPSA) is 141 Å². The highest BCUT2D eigenvalue weighted by molar-refractivity contribution is 6.06. The van der Waals surface area contributed by atoms with E-state index in [1.54, 1.807) is 18.2 Å². The van der Waals surface area contributed by atoms with Gasteiger partial charge in [-0.1, -0.05) is 17.2 Å². The fourth-order valence-corrected chi connectivity index (χ4v) is 3.42. The Kier molecular flexibility index (Phi) is 4.09. The number of rotatable bonds is 4. The standard InChI is InChI=1S/C17H14N6O4/c18-22-20-7-15-19-6-13(27-15)9-2-1-3-10-11(9)8-23(17(10)26)12-4-5-14(24)21-16(12)25/h1-3,6,12H,4-5,7-8H2,(H,21,24,25). The monoisotopic (exact) mass is 366 g/mol. The lowest BCUT2D eigenvalue weighted by Crippen LogP contribution is -2.52. The number of aromatic nitrogens is 1. The maximum Gasteiger partial charge on any atom is 0.255 e. The first-order chi connectivity index (χ1) is 13.1. The number of carbonyl (C=O) groups excluding carboxylic acids is 3. The SMILES string of the molecule is [N-]=[N+]=NCc1ncc(-c2cccc3c2CN(C2CCC(=O)NC2=O)C3=O)o1. The molecule has 0 bridgehead atoms. The third-order valence-electron chi connectivity index (χ3n) is 4.67. The number of amides is 3. The van der Waals surface area contributed by atoms with Crippen molar-refractivity contribution >= 4 is 17.7 Å². The number of nitrogens with one attached hydrogen (secondary N) is 1. The Morgan fingerprint density at radius 1 is 1.33 bits per heavy atom. The smallest absolute Gasteiger partial charge is 0.255 e. The number of hydrogen-bond acceptors (Lipinski definition) is 6. The van der Waals surface area contributed by atoms with Gasteiger partial charge in [-0.25, -0.2) is 4.98 Å². The summed E-state index contributed by atoms with van der Waals surface area (Å²) < 4.78 is 5.62. The number of imide groups is 1. The number of fused-ring (bicyclic) bond motifs is 1. The summed E-state index contributed by atoms with van der Waals surface area (Å²) in [5, 5.41) is 5.69. The number of hydrogen-bond donors (Lipinski definition) is 1. The molecule has 136 valence electrons. The summed E-state index contributed by atoms with van der Waals surface area (Å²) in [7, 11) is 0. The van der Waals surface area contributed by atoms with Crippen LogP contribution in [0.15, 0.2) is 33.9 Å². The van der Waals surface area contributed by atoms with E-state index in [0.717, 1.165) is 5.56 Å². The van der Waals surface area contributed by atoms with Crippen molar-refractivity contribution in [2.24, 2.45) is 5.11 Å². The lowest BCUT2D eigenvalue weighted by molar-refractivity contribution is -0.136. The van der Waals surface area contributed by atoms with Gasteiger partial charge in [0.1, 0.15) is 12.6 Å². The summed E-state index contributed by atoms with van der Waals surface area (Å²) in [5.41, 5.74) is 10.3. The first-order valence-electron chi connectivity index (χ1n) is 8.31. The van der Waals surface area contributed by atoms with Crippen molar-refractivity contribution in [1.29, 1.82) is 0 Å². The number of nitrogens with zero attached hydrogens (tertiary/aromatic N) is 5. The fourth-order valence-electron chi connectivity index (χ4n) is 3.42. The predicted molar refractivity (Wildman–Crippen MR) is 90.8 cm³/mol. The van der Waals surface area contributed by atoms with Crippen LogP contribution in [0.5, 0.6) is 0 Å². The van der Waals surface area contributed by atoms with Crippen LogP contribution in [0.4, 0.5) is 0 Å². The first-order valence-corrected chi connectivity index (χ1v) is 8.31. The van der Waals surface area contributed by atoms with E-state index in [0.29, 0.717) is 23.3 Å². The van der Waals surface area contributed by atoms with E-state index in [2.05, 4.69) is 20.3 Å². The molecule has 0 radical (unpaired) electrons. The summed E-state index contributed by atoms with van der Waals surface area (Å²) in [4.78, 5) is 44.5. The number of carbonyl (C=O) groups is 3. The molecule has 0 saturated carbocycles. The van der Waals surface area contributed by atoms with Crippen LogP contribution in [0, 0.1) is 0 Å². The van der Waals surface area contributed by atoms with Crippen LogP contribution >= 0.6 is 0 Å². The molecule has 10 heteroatoms. The second-order valence-electron chi connectivity index (χ2n) is 6.24. The molecule has 1 aromatic carbocycles. The normalized spacial score (nSPS) is 18.9. The molecule has 27 heavy (non-hydrogen) atoms. The van der Waals surface area contributed by atoms with E-state index in [-0.39, 0.29) is 37.2 Å². The molecular weight excluding hydrogens is 352 g/mol. The molecule has 1 atom stereocenters. The van der Waals surface area contributed by atoms with Crippen LogP contribution in [0.3, 0.4) is 0 Å². The molecular formula is C17H14N6O4. The summed E-state index contributed by atoms with van der Waals surface area (Å²) in [5.74, 6) is -0.310. The van der Waals surface area contributed by atoms with Gasteiger partial charge in [0.15, 0.2) is 5.76 Å². The van der Waals surface area contributed by atoms with Crippen LogP contribution < -0.4 is 5.32 Å².